The van der Waals surface area contributed by atoms with E-state index in [1.807, 2.05) is 0 Å². The number of hydrogen-bond acceptors (Lipinski definition) is 4. The van der Waals surface area contributed by atoms with Crippen LogP contribution in [0.2, 0.25) is 0 Å². The highest BCUT2D eigenvalue weighted by molar-refractivity contribution is 4.82. The zero-order valence-corrected chi connectivity index (χ0v) is 13.0. The second kappa shape index (κ2) is 8.90. The fourth-order valence-electron chi connectivity index (χ4n) is 2.69. The molecular weight excluding hydrogens is 240 g/mol. The Morgan fingerprint density at radius 1 is 1.42 bits per heavy atom. The van der Waals surface area contributed by atoms with Crippen molar-refractivity contribution < 1.29 is 9.84 Å². The van der Waals surface area contributed by atoms with E-state index in [1.54, 1.807) is 7.11 Å². The maximum Gasteiger partial charge on any atom is 0.0710 e. The quantitative estimate of drug-likeness (QED) is 0.593. The molecule has 1 fully saturated rings. The molecule has 2 atom stereocenters. The zero-order chi connectivity index (χ0) is 14.1. The van der Waals surface area contributed by atoms with Crippen LogP contribution in [0.25, 0.3) is 0 Å². The first-order chi connectivity index (χ1) is 9.13. The summed E-state index contributed by atoms with van der Waals surface area (Å²) >= 11 is 0. The number of ether oxygens (including phenoxy) is 1. The second-order valence-electron chi connectivity index (χ2n) is 6.05. The van der Waals surface area contributed by atoms with Gasteiger partial charge in [0.15, 0.2) is 0 Å². The highest BCUT2D eigenvalue weighted by atomic mass is 16.5. The van der Waals surface area contributed by atoms with Gasteiger partial charge in [-0.15, -0.1) is 0 Å². The number of methoxy groups -OCH3 is 1. The molecule has 114 valence electrons. The van der Waals surface area contributed by atoms with Gasteiger partial charge in [-0.25, -0.2) is 0 Å². The molecule has 1 aliphatic rings. The average Bonchev–Trinajstić information content (AvgIpc) is 2.89. The van der Waals surface area contributed by atoms with Gasteiger partial charge in [-0.1, -0.05) is 13.3 Å². The maximum atomic E-state index is 9.50. The van der Waals surface area contributed by atoms with Crippen LogP contribution >= 0.6 is 0 Å². The minimum Gasteiger partial charge on any atom is -0.394 e. The number of hydrogen-bond donors (Lipinski definition) is 2. The lowest BCUT2D eigenvalue weighted by molar-refractivity contribution is 0.107. The van der Waals surface area contributed by atoms with Gasteiger partial charge in [0.1, 0.15) is 0 Å². The number of nitrogens with one attached hydrogen (secondary N) is 1. The van der Waals surface area contributed by atoms with E-state index in [4.69, 9.17) is 4.74 Å². The third kappa shape index (κ3) is 6.21. The molecule has 0 aliphatic carbocycles. The van der Waals surface area contributed by atoms with E-state index in [2.05, 4.69) is 24.1 Å². The van der Waals surface area contributed by atoms with Gasteiger partial charge in [0.05, 0.1) is 12.7 Å². The van der Waals surface area contributed by atoms with Crippen molar-refractivity contribution in [3.63, 3.8) is 0 Å². The summed E-state index contributed by atoms with van der Waals surface area (Å²) in [5, 5.41) is 13.0. The molecule has 1 aliphatic heterocycles. The van der Waals surface area contributed by atoms with E-state index in [0.29, 0.717) is 6.10 Å². The lowest BCUT2D eigenvalue weighted by atomic mass is 9.95. The Bertz CT molecular complexity index is 238. The molecule has 19 heavy (non-hydrogen) atoms. The Balaban J connectivity index is 2.12. The molecule has 4 nitrogen and oxygen atoms in total. The van der Waals surface area contributed by atoms with Crippen LogP contribution in [0.1, 0.15) is 46.0 Å². The fourth-order valence-corrected chi connectivity index (χ4v) is 2.69. The van der Waals surface area contributed by atoms with Crippen LogP contribution in [-0.2, 0) is 4.74 Å². The van der Waals surface area contributed by atoms with Crippen LogP contribution < -0.4 is 5.32 Å². The first-order valence-corrected chi connectivity index (χ1v) is 7.74. The molecule has 0 bridgehead atoms. The highest BCUT2D eigenvalue weighted by Gasteiger charge is 2.23. The molecule has 0 aromatic carbocycles. The van der Waals surface area contributed by atoms with E-state index >= 15 is 0 Å². The van der Waals surface area contributed by atoms with Crippen molar-refractivity contribution in [1.29, 1.82) is 0 Å². The van der Waals surface area contributed by atoms with E-state index in [9.17, 15) is 5.11 Å². The Labute approximate surface area is 118 Å². The Kier molecular flexibility index (Phi) is 7.91. The van der Waals surface area contributed by atoms with Crippen molar-refractivity contribution >= 4 is 0 Å². The topological polar surface area (TPSA) is 44.7 Å². The van der Waals surface area contributed by atoms with Crippen molar-refractivity contribution in [3.8, 4) is 0 Å². The average molecular weight is 272 g/mol. The number of aliphatic hydroxyl groups is 1. The van der Waals surface area contributed by atoms with Gasteiger partial charge < -0.3 is 20.1 Å². The molecule has 0 aromatic rings. The fraction of sp³-hybridized carbons (Fsp3) is 1.00. The normalized spacial score (nSPS) is 23.7. The third-order valence-electron chi connectivity index (χ3n) is 4.17. The van der Waals surface area contributed by atoms with Crippen molar-refractivity contribution in [2.75, 3.05) is 39.9 Å². The largest absolute Gasteiger partial charge is 0.394 e. The number of unbranched alkanes of at least 4 members (excludes halogenated alkanes) is 1. The maximum absolute atomic E-state index is 9.50. The Hall–Kier alpha value is -0.160. The zero-order valence-electron chi connectivity index (χ0n) is 13.0. The SMILES string of the molecule is CCCNC(C)(CO)CCCCN1CCC(OC)C1. The first kappa shape index (κ1) is 16.9. The number of rotatable bonds is 10. The van der Waals surface area contributed by atoms with E-state index in [1.165, 1.54) is 25.8 Å². The van der Waals surface area contributed by atoms with Crippen LogP contribution in [0.15, 0.2) is 0 Å². The summed E-state index contributed by atoms with van der Waals surface area (Å²) in [6.07, 6.45) is 6.14. The van der Waals surface area contributed by atoms with Crippen LogP contribution in [0.5, 0.6) is 0 Å². The summed E-state index contributed by atoms with van der Waals surface area (Å²) in [4.78, 5) is 2.49. The summed E-state index contributed by atoms with van der Waals surface area (Å²) in [7, 11) is 1.81. The standard InChI is InChI=1S/C15H32N2O2/c1-4-9-16-15(2,13-18)8-5-6-10-17-11-7-14(12-17)19-3/h14,16,18H,4-13H2,1-3H3. The third-order valence-corrected chi connectivity index (χ3v) is 4.17. The van der Waals surface area contributed by atoms with Gasteiger partial charge in [0.2, 0.25) is 0 Å². The van der Waals surface area contributed by atoms with Crippen LogP contribution in [0.3, 0.4) is 0 Å². The molecule has 1 rings (SSSR count). The number of nitrogens with zero attached hydrogens (tertiary/aromatic N) is 1. The first-order valence-electron chi connectivity index (χ1n) is 7.74. The molecule has 1 saturated heterocycles. The molecule has 0 amide bonds. The Morgan fingerprint density at radius 3 is 2.79 bits per heavy atom. The molecule has 2 N–H and O–H groups in total. The summed E-state index contributed by atoms with van der Waals surface area (Å²) in [6, 6.07) is 0. The van der Waals surface area contributed by atoms with Gasteiger partial charge in [0.25, 0.3) is 0 Å². The summed E-state index contributed by atoms with van der Waals surface area (Å²) < 4.78 is 5.38. The molecule has 0 spiro atoms. The predicted molar refractivity (Wildman–Crippen MR) is 79.5 cm³/mol. The van der Waals surface area contributed by atoms with E-state index in [0.717, 1.165) is 32.5 Å². The van der Waals surface area contributed by atoms with Crippen LogP contribution in [-0.4, -0.2) is 61.5 Å². The van der Waals surface area contributed by atoms with Gasteiger partial charge in [-0.05, 0) is 45.7 Å². The van der Waals surface area contributed by atoms with Gasteiger partial charge >= 0.3 is 0 Å². The van der Waals surface area contributed by atoms with Crippen LogP contribution in [0.4, 0.5) is 0 Å². The summed E-state index contributed by atoms with van der Waals surface area (Å²) in [5.41, 5.74) is -0.101. The van der Waals surface area contributed by atoms with Gasteiger partial charge in [-0.2, -0.15) is 0 Å². The number of aliphatic hydroxyl groups excluding tert-OH is 1. The number of likely N-dealkylation sites (tertiary alicyclic amines) is 1. The monoisotopic (exact) mass is 272 g/mol. The molecule has 2 unspecified atom stereocenters. The van der Waals surface area contributed by atoms with Crippen molar-refractivity contribution in [2.24, 2.45) is 0 Å². The summed E-state index contributed by atoms with van der Waals surface area (Å²) in [6.45, 7) is 8.91. The predicted octanol–water partition coefficient (Wildman–Crippen LogP) is 1.63. The molecule has 1 heterocycles. The van der Waals surface area contributed by atoms with Crippen molar-refractivity contribution in [2.45, 2.75) is 57.6 Å². The lowest BCUT2D eigenvalue weighted by Crippen LogP contribution is -2.46. The summed E-state index contributed by atoms with van der Waals surface area (Å²) in [5.74, 6) is 0. The minimum absolute atomic E-state index is 0.101. The molecular formula is C15H32N2O2. The van der Waals surface area contributed by atoms with E-state index in [-0.39, 0.29) is 12.1 Å². The molecule has 0 aromatic heterocycles. The van der Waals surface area contributed by atoms with Crippen LogP contribution in [0, 0.1) is 0 Å². The van der Waals surface area contributed by atoms with Gasteiger partial charge in [-0.3, -0.25) is 0 Å². The van der Waals surface area contributed by atoms with Gasteiger partial charge in [0, 0.05) is 25.7 Å². The molecule has 0 radical (unpaired) electrons. The molecule has 0 saturated carbocycles. The van der Waals surface area contributed by atoms with Crippen molar-refractivity contribution in [3.05, 3.63) is 0 Å². The lowest BCUT2D eigenvalue weighted by Gasteiger charge is -2.29. The Morgan fingerprint density at radius 2 is 2.21 bits per heavy atom. The minimum atomic E-state index is -0.101. The smallest absolute Gasteiger partial charge is 0.0710 e. The second-order valence-corrected chi connectivity index (χ2v) is 6.05. The van der Waals surface area contributed by atoms with E-state index < -0.39 is 0 Å². The highest BCUT2D eigenvalue weighted by Crippen LogP contribution is 2.16. The molecule has 4 heteroatoms. The van der Waals surface area contributed by atoms with Crippen molar-refractivity contribution in [1.82, 2.24) is 10.2 Å².